The molecule has 4 heteroatoms. The van der Waals surface area contributed by atoms with Crippen LogP contribution in [0.2, 0.25) is 0 Å². The predicted molar refractivity (Wildman–Crippen MR) is 128 cm³/mol. The summed E-state index contributed by atoms with van der Waals surface area (Å²) in [4.78, 5) is 27.7. The fourth-order valence-corrected chi connectivity index (χ4v) is 3.47. The lowest BCUT2D eigenvalue weighted by Gasteiger charge is -2.29. The minimum absolute atomic E-state index is 0.00314. The number of benzene rings is 2. The molecule has 4 nitrogen and oxygen atoms in total. The summed E-state index contributed by atoms with van der Waals surface area (Å²) in [6.45, 7) is 13.4. The summed E-state index contributed by atoms with van der Waals surface area (Å²) in [5, 5.41) is 2.98. The molecule has 0 aromatic heterocycles. The number of carbonyl (C=O) groups is 2. The van der Waals surface area contributed by atoms with E-state index in [1.54, 1.807) is 4.90 Å². The zero-order valence-corrected chi connectivity index (χ0v) is 19.9. The Morgan fingerprint density at radius 3 is 2.16 bits per heavy atom. The largest absolute Gasteiger partial charge is 0.354 e. The van der Waals surface area contributed by atoms with E-state index in [0.717, 1.165) is 16.7 Å². The number of nitrogens with zero attached hydrogens (tertiary/aromatic N) is 1. The van der Waals surface area contributed by atoms with Gasteiger partial charge in [0.2, 0.25) is 11.8 Å². The molecule has 31 heavy (non-hydrogen) atoms. The maximum Gasteiger partial charge on any atom is 0.242 e. The topological polar surface area (TPSA) is 49.4 Å². The van der Waals surface area contributed by atoms with Crippen molar-refractivity contribution in [1.29, 1.82) is 0 Å². The van der Waals surface area contributed by atoms with Gasteiger partial charge in [-0.1, -0.05) is 76.2 Å². The zero-order chi connectivity index (χ0) is 23.0. The lowest BCUT2D eigenvalue weighted by atomic mass is 10.00. The third-order valence-corrected chi connectivity index (χ3v) is 5.73. The van der Waals surface area contributed by atoms with E-state index in [0.29, 0.717) is 37.8 Å². The predicted octanol–water partition coefficient (Wildman–Crippen LogP) is 5.24. The highest BCUT2D eigenvalue weighted by Gasteiger charge is 2.26. The van der Waals surface area contributed by atoms with Crippen LogP contribution in [0.4, 0.5) is 0 Å². The van der Waals surface area contributed by atoms with Crippen molar-refractivity contribution < 1.29 is 9.59 Å². The monoisotopic (exact) mass is 422 g/mol. The maximum atomic E-state index is 13.2. The van der Waals surface area contributed by atoms with Gasteiger partial charge in [0.05, 0.1) is 0 Å². The molecule has 0 aliphatic rings. The van der Waals surface area contributed by atoms with E-state index < -0.39 is 6.04 Å². The highest BCUT2D eigenvalue weighted by atomic mass is 16.2. The van der Waals surface area contributed by atoms with Gasteiger partial charge >= 0.3 is 0 Å². The first kappa shape index (κ1) is 24.6. The van der Waals surface area contributed by atoms with Gasteiger partial charge in [0, 0.05) is 19.5 Å². The highest BCUT2D eigenvalue weighted by molar-refractivity contribution is 5.87. The second-order valence-corrected chi connectivity index (χ2v) is 9.16. The third kappa shape index (κ3) is 7.54. The summed E-state index contributed by atoms with van der Waals surface area (Å²) in [6.07, 6.45) is 1.05. The van der Waals surface area contributed by atoms with Gasteiger partial charge in [0.25, 0.3) is 0 Å². The molecule has 0 unspecified atom stereocenters. The second kappa shape index (κ2) is 11.7. The Morgan fingerprint density at radius 2 is 1.58 bits per heavy atom. The lowest BCUT2D eigenvalue weighted by molar-refractivity contribution is -0.140. The Labute approximate surface area is 188 Å². The molecule has 0 saturated heterocycles. The number of hydrogen-bond donors (Lipinski definition) is 1. The summed E-state index contributed by atoms with van der Waals surface area (Å²) in [5.41, 5.74) is 4.64. The van der Waals surface area contributed by atoms with Gasteiger partial charge in [-0.2, -0.15) is 0 Å². The molecule has 0 heterocycles. The van der Waals surface area contributed by atoms with Crippen LogP contribution in [0.15, 0.2) is 48.5 Å². The first-order chi connectivity index (χ1) is 14.7. The Hall–Kier alpha value is -2.62. The van der Waals surface area contributed by atoms with Crippen molar-refractivity contribution in [3.63, 3.8) is 0 Å². The average molecular weight is 423 g/mol. The molecule has 0 aliphatic heterocycles. The Kier molecular flexibility index (Phi) is 9.29. The maximum absolute atomic E-state index is 13.2. The number of rotatable bonds is 10. The SMILES string of the molecule is Cc1ccccc1CN(C(=O)CCc1ccc(C(C)C)cc1)[C@H](C)C(=O)NCC(C)C. The minimum atomic E-state index is -0.519. The smallest absolute Gasteiger partial charge is 0.242 e. The number of carbonyl (C=O) groups excluding carboxylic acids is 2. The first-order valence-corrected chi connectivity index (χ1v) is 11.4. The normalized spacial score (nSPS) is 12.1. The summed E-state index contributed by atoms with van der Waals surface area (Å²) in [6, 6.07) is 16.0. The summed E-state index contributed by atoms with van der Waals surface area (Å²) in [5.74, 6) is 0.760. The van der Waals surface area contributed by atoms with Crippen molar-refractivity contribution in [2.24, 2.45) is 5.92 Å². The van der Waals surface area contributed by atoms with E-state index in [-0.39, 0.29) is 11.8 Å². The van der Waals surface area contributed by atoms with E-state index >= 15 is 0 Å². The zero-order valence-electron chi connectivity index (χ0n) is 19.9. The molecule has 2 rings (SSSR count). The molecule has 0 saturated carbocycles. The van der Waals surface area contributed by atoms with Gasteiger partial charge in [-0.25, -0.2) is 0 Å². The molecular weight excluding hydrogens is 384 g/mol. The molecule has 168 valence electrons. The molecule has 1 atom stereocenters. The van der Waals surface area contributed by atoms with Crippen molar-refractivity contribution in [2.45, 2.75) is 72.9 Å². The third-order valence-electron chi connectivity index (χ3n) is 5.73. The van der Waals surface area contributed by atoms with Gasteiger partial charge in [0.1, 0.15) is 6.04 Å². The van der Waals surface area contributed by atoms with Gasteiger partial charge in [-0.3, -0.25) is 9.59 Å². The van der Waals surface area contributed by atoms with E-state index in [2.05, 4.69) is 57.3 Å². The summed E-state index contributed by atoms with van der Waals surface area (Å²) >= 11 is 0. The minimum Gasteiger partial charge on any atom is -0.354 e. The van der Waals surface area contributed by atoms with Crippen molar-refractivity contribution in [2.75, 3.05) is 6.54 Å². The van der Waals surface area contributed by atoms with Crippen LogP contribution in [0.5, 0.6) is 0 Å². The lowest BCUT2D eigenvalue weighted by Crippen LogP contribution is -2.48. The van der Waals surface area contributed by atoms with Crippen LogP contribution in [0.3, 0.4) is 0 Å². The Bertz CT molecular complexity index is 856. The molecule has 1 N–H and O–H groups in total. The van der Waals surface area contributed by atoms with Crippen LogP contribution in [-0.2, 0) is 22.6 Å². The van der Waals surface area contributed by atoms with Gasteiger partial charge < -0.3 is 10.2 Å². The van der Waals surface area contributed by atoms with E-state index in [1.165, 1.54) is 5.56 Å². The first-order valence-electron chi connectivity index (χ1n) is 11.4. The molecule has 0 fully saturated rings. The van der Waals surface area contributed by atoms with E-state index in [4.69, 9.17) is 0 Å². The summed E-state index contributed by atoms with van der Waals surface area (Å²) in [7, 11) is 0. The Balaban J connectivity index is 2.12. The second-order valence-electron chi connectivity index (χ2n) is 9.16. The standard InChI is InChI=1S/C27H38N2O2/c1-19(2)17-28-27(31)22(6)29(18-25-10-8-7-9-21(25)5)26(30)16-13-23-11-14-24(15-12-23)20(3)4/h7-12,14-15,19-20,22H,13,16-18H2,1-6H3,(H,28,31)/t22-/m1/s1. The van der Waals surface area contributed by atoms with Gasteiger partial charge in [-0.15, -0.1) is 0 Å². The van der Waals surface area contributed by atoms with Crippen LogP contribution in [0.1, 0.15) is 69.2 Å². The molecule has 2 amide bonds. The molecule has 2 aromatic rings. The van der Waals surface area contributed by atoms with E-state index in [9.17, 15) is 9.59 Å². The number of aryl methyl sites for hydroxylation is 2. The average Bonchev–Trinajstić information content (AvgIpc) is 2.75. The fraction of sp³-hybridized carbons (Fsp3) is 0.481. The number of hydrogen-bond acceptors (Lipinski definition) is 2. The molecular formula is C27H38N2O2. The van der Waals surface area contributed by atoms with Crippen molar-refractivity contribution in [3.05, 3.63) is 70.8 Å². The van der Waals surface area contributed by atoms with Crippen LogP contribution in [0, 0.1) is 12.8 Å². The fourth-order valence-electron chi connectivity index (χ4n) is 3.47. The highest BCUT2D eigenvalue weighted by Crippen LogP contribution is 2.18. The van der Waals surface area contributed by atoms with Crippen LogP contribution in [0.25, 0.3) is 0 Å². The molecule has 2 aromatic carbocycles. The molecule has 0 spiro atoms. The molecule has 0 radical (unpaired) electrons. The quantitative estimate of drug-likeness (QED) is 0.569. The van der Waals surface area contributed by atoms with Crippen LogP contribution in [-0.4, -0.2) is 29.3 Å². The van der Waals surface area contributed by atoms with Gasteiger partial charge in [-0.05, 0) is 54.4 Å². The van der Waals surface area contributed by atoms with E-state index in [1.807, 2.05) is 38.1 Å². The van der Waals surface area contributed by atoms with Crippen LogP contribution < -0.4 is 5.32 Å². The van der Waals surface area contributed by atoms with Crippen molar-refractivity contribution in [1.82, 2.24) is 10.2 Å². The van der Waals surface area contributed by atoms with Crippen molar-refractivity contribution >= 4 is 11.8 Å². The molecule has 0 aliphatic carbocycles. The Morgan fingerprint density at radius 1 is 0.935 bits per heavy atom. The van der Waals surface area contributed by atoms with Crippen LogP contribution >= 0.6 is 0 Å². The summed E-state index contributed by atoms with van der Waals surface area (Å²) < 4.78 is 0. The molecule has 0 bridgehead atoms. The van der Waals surface area contributed by atoms with Crippen molar-refractivity contribution in [3.8, 4) is 0 Å². The number of nitrogens with one attached hydrogen (secondary N) is 1. The van der Waals surface area contributed by atoms with Gasteiger partial charge in [0.15, 0.2) is 0 Å². The number of amides is 2.